The second kappa shape index (κ2) is 5.50. The Kier molecular flexibility index (Phi) is 4.56. The lowest BCUT2D eigenvalue weighted by atomic mass is 10.3. The maximum absolute atomic E-state index is 11.1. The third kappa shape index (κ3) is 3.35. The largest absolute Gasteiger partial charge is 0.330 e. The van der Waals surface area contributed by atoms with E-state index in [2.05, 4.69) is 4.98 Å². The van der Waals surface area contributed by atoms with Crippen molar-refractivity contribution in [2.24, 2.45) is 0 Å². The summed E-state index contributed by atoms with van der Waals surface area (Å²) in [6, 6.07) is 0. The van der Waals surface area contributed by atoms with Crippen LogP contribution in [0.1, 0.15) is 26.1 Å². The fraction of sp³-hybridized carbons (Fsp3) is 0.500. The Balaban J connectivity index is 3.09. The molecule has 1 aromatic heterocycles. The van der Waals surface area contributed by atoms with Crippen molar-refractivity contribution in [2.45, 2.75) is 38.3 Å². The monoisotopic (exact) mass is 262 g/mol. The van der Waals surface area contributed by atoms with Crippen LogP contribution in [-0.2, 0) is 22.0 Å². The van der Waals surface area contributed by atoms with Crippen LogP contribution in [0.15, 0.2) is 23.4 Å². The van der Waals surface area contributed by atoms with E-state index in [1.807, 2.05) is 26.0 Å². The number of aromatic nitrogens is 2. The standard InChI is InChI=1S/C10H15ClN2O2S/c1-3-5-7-13-8-10(16(11,14)15)12-9(13)6-4-2/h3,5,8H,4,6-7H2,1-2H3/b5-3+. The highest BCUT2D eigenvalue weighted by Gasteiger charge is 2.16. The molecule has 0 fully saturated rings. The molecule has 0 N–H and O–H groups in total. The molecule has 0 spiro atoms. The van der Waals surface area contributed by atoms with Gasteiger partial charge in [-0.25, -0.2) is 13.4 Å². The Labute approximate surface area is 100 Å². The summed E-state index contributed by atoms with van der Waals surface area (Å²) in [5.41, 5.74) is 0. The second-order valence-corrected chi connectivity index (χ2v) is 5.92. The van der Waals surface area contributed by atoms with E-state index >= 15 is 0 Å². The summed E-state index contributed by atoms with van der Waals surface area (Å²) in [6.07, 6.45) is 6.97. The third-order valence-corrected chi connectivity index (χ3v) is 3.27. The van der Waals surface area contributed by atoms with Crippen molar-refractivity contribution in [2.75, 3.05) is 0 Å². The van der Waals surface area contributed by atoms with Gasteiger partial charge in [0.25, 0.3) is 9.05 Å². The molecule has 6 heteroatoms. The molecule has 0 aliphatic heterocycles. The molecule has 0 aliphatic carbocycles. The molecule has 1 rings (SSSR count). The van der Waals surface area contributed by atoms with Crippen LogP contribution in [0.3, 0.4) is 0 Å². The first kappa shape index (κ1) is 13.3. The topological polar surface area (TPSA) is 52.0 Å². The Hall–Kier alpha value is -0.810. The van der Waals surface area contributed by atoms with Crippen LogP contribution in [0.2, 0.25) is 0 Å². The molecule has 0 aliphatic rings. The van der Waals surface area contributed by atoms with Crippen LogP contribution in [0, 0.1) is 0 Å². The summed E-state index contributed by atoms with van der Waals surface area (Å²) in [7, 11) is 1.52. The van der Waals surface area contributed by atoms with Gasteiger partial charge in [0.05, 0.1) is 0 Å². The molecule has 16 heavy (non-hydrogen) atoms. The Morgan fingerprint density at radius 3 is 2.75 bits per heavy atom. The van der Waals surface area contributed by atoms with Gasteiger partial charge >= 0.3 is 0 Å². The van der Waals surface area contributed by atoms with Gasteiger partial charge in [0, 0.05) is 29.8 Å². The highest BCUT2D eigenvalue weighted by atomic mass is 35.7. The van der Waals surface area contributed by atoms with Gasteiger partial charge in [-0.1, -0.05) is 19.1 Å². The van der Waals surface area contributed by atoms with Crippen LogP contribution in [0.25, 0.3) is 0 Å². The highest BCUT2D eigenvalue weighted by Crippen LogP contribution is 2.15. The van der Waals surface area contributed by atoms with Gasteiger partial charge in [-0.05, 0) is 13.3 Å². The van der Waals surface area contributed by atoms with E-state index in [1.54, 1.807) is 4.57 Å². The molecule has 0 aromatic carbocycles. The van der Waals surface area contributed by atoms with Crippen molar-refractivity contribution in [3.63, 3.8) is 0 Å². The molecule has 90 valence electrons. The van der Waals surface area contributed by atoms with Gasteiger partial charge < -0.3 is 4.57 Å². The quantitative estimate of drug-likeness (QED) is 0.605. The van der Waals surface area contributed by atoms with Crippen molar-refractivity contribution < 1.29 is 8.42 Å². The first-order valence-corrected chi connectivity index (χ1v) is 7.41. The highest BCUT2D eigenvalue weighted by molar-refractivity contribution is 8.13. The molecule has 0 atom stereocenters. The normalized spacial score (nSPS) is 12.4. The molecule has 0 radical (unpaired) electrons. The SMILES string of the molecule is C/C=C/Cn1cc(S(=O)(=O)Cl)nc1CCC. The Bertz CT molecular complexity index is 477. The molecule has 0 saturated heterocycles. The molecule has 1 aromatic rings. The Morgan fingerprint density at radius 2 is 2.25 bits per heavy atom. The van der Waals surface area contributed by atoms with Crippen molar-refractivity contribution in [1.29, 1.82) is 0 Å². The number of hydrogen-bond acceptors (Lipinski definition) is 3. The number of imidazole rings is 1. The van der Waals surface area contributed by atoms with Crippen LogP contribution in [0.5, 0.6) is 0 Å². The molecule has 1 heterocycles. The molecule has 0 saturated carbocycles. The number of nitrogens with zero attached hydrogens (tertiary/aromatic N) is 2. The Morgan fingerprint density at radius 1 is 1.56 bits per heavy atom. The molecule has 0 unspecified atom stereocenters. The molecule has 0 bridgehead atoms. The average Bonchev–Trinajstić information content (AvgIpc) is 2.58. The van der Waals surface area contributed by atoms with E-state index in [9.17, 15) is 8.42 Å². The zero-order valence-corrected chi connectivity index (χ0v) is 10.9. The van der Waals surface area contributed by atoms with E-state index in [0.29, 0.717) is 6.54 Å². The molecular formula is C10H15ClN2O2S. The fourth-order valence-corrected chi connectivity index (χ4v) is 2.04. The second-order valence-electron chi connectivity index (χ2n) is 3.40. The average molecular weight is 263 g/mol. The zero-order chi connectivity index (χ0) is 12.2. The van der Waals surface area contributed by atoms with Crippen LogP contribution >= 0.6 is 10.7 Å². The van der Waals surface area contributed by atoms with Crippen molar-refractivity contribution in [3.05, 3.63) is 24.2 Å². The zero-order valence-electron chi connectivity index (χ0n) is 9.35. The molecule has 0 amide bonds. The van der Waals surface area contributed by atoms with Crippen molar-refractivity contribution in [1.82, 2.24) is 9.55 Å². The number of rotatable bonds is 5. The smallest absolute Gasteiger partial charge is 0.280 e. The number of hydrogen-bond donors (Lipinski definition) is 0. The lowest BCUT2D eigenvalue weighted by molar-refractivity contribution is 0.606. The van der Waals surface area contributed by atoms with Crippen LogP contribution in [0.4, 0.5) is 0 Å². The van der Waals surface area contributed by atoms with Crippen molar-refractivity contribution >= 4 is 19.7 Å². The minimum atomic E-state index is -3.73. The van der Waals surface area contributed by atoms with Gasteiger partial charge in [0.1, 0.15) is 5.82 Å². The maximum atomic E-state index is 11.1. The summed E-state index contributed by atoms with van der Waals surface area (Å²) >= 11 is 0. The lowest BCUT2D eigenvalue weighted by Crippen LogP contribution is -2.00. The summed E-state index contributed by atoms with van der Waals surface area (Å²) < 4.78 is 24.1. The fourth-order valence-electron chi connectivity index (χ4n) is 1.35. The summed E-state index contributed by atoms with van der Waals surface area (Å²) in [5.74, 6) is 0.750. The van der Waals surface area contributed by atoms with E-state index in [-0.39, 0.29) is 5.03 Å². The van der Waals surface area contributed by atoms with Crippen LogP contribution < -0.4 is 0 Å². The van der Waals surface area contributed by atoms with E-state index in [0.717, 1.165) is 18.7 Å². The van der Waals surface area contributed by atoms with E-state index in [1.165, 1.54) is 6.20 Å². The number of allylic oxidation sites excluding steroid dienone is 2. The van der Waals surface area contributed by atoms with Crippen molar-refractivity contribution in [3.8, 4) is 0 Å². The van der Waals surface area contributed by atoms with Gasteiger partial charge in [-0.15, -0.1) is 0 Å². The van der Waals surface area contributed by atoms with Gasteiger partial charge in [0.2, 0.25) is 0 Å². The minimum absolute atomic E-state index is 0.0675. The summed E-state index contributed by atoms with van der Waals surface area (Å²) in [4.78, 5) is 4.03. The maximum Gasteiger partial charge on any atom is 0.280 e. The lowest BCUT2D eigenvalue weighted by Gasteiger charge is -2.01. The summed E-state index contributed by atoms with van der Waals surface area (Å²) in [5, 5.41) is -0.0675. The predicted octanol–water partition coefficient (Wildman–Crippen LogP) is 2.34. The van der Waals surface area contributed by atoms with Gasteiger partial charge in [0.15, 0.2) is 5.03 Å². The minimum Gasteiger partial charge on any atom is -0.330 e. The van der Waals surface area contributed by atoms with Gasteiger partial charge in [-0.3, -0.25) is 0 Å². The first-order valence-electron chi connectivity index (χ1n) is 5.11. The van der Waals surface area contributed by atoms with E-state index in [4.69, 9.17) is 10.7 Å². The number of aryl methyl sites for hydroxylation is 1. The van der Waals surface area contributed by atoms with E-state index < -0.39 is 9.05 Å². The summed E-state index contributed by atoms with van der Waals surface area (Å²) in [6.45, 7) is 4.55. The number of halogens is 1. The third-order valence-electron chi connectivity index (χ3n) is 2.10. The van der Waals surface area contributed by atoms with Gasteiger partial charge in [-0.2, -0.15) is 0 Å². The predicted molar refractivity (Wildman–Crippen MR) is 64.1 cm³/mol. The first-order chi connectivity index (χ1) is 7.49. The molecule has 4 nitrogen and oxygen atoms in total. The molecular weight excluding hydrogens is 248 g/mol. The van der Waals surface area contributed by atoms with Crippen LogP contribution in [-0.4, -0.2) is 18.0 Å².